The Balaban J connectivity index is -0.0000000675. The summed E-state index contributed by atoms with van der Waals surface area (Å²) < 4.78 is 10.7. The summed E-state index contributed by atoms with van der Waals surface area (Å²) in [6, 6.07) is 7.52. The van der Waals surface area contributed by atoms with Crippen molar-refractivity contribution in [3.05, 3.63) is 29.8 Å². The summed E-state index contributed by atoms with van der Waals surface area (Å²) in [5.74, 6) is 37.3. The lowest BCUT2D eigenvalue weighted by molar-refractivity contribution is 0.263. The fraction of sp³-hybridized carbons (Fsp3) is 0.167. The molecule has 0 amide bonds. The van der Waals surface area contributed by atoms with Crippen LogP contribution in [0.1, 0.15) is 29.6 Å². The Morgan fingerprint density at radius 3 is 2.08 bits per heavy atom. The Kier molecular flexibility index (Phi) is 8.02. The van der Waals surface area contributed by atoms with Gasteiger partial charge in [-0.2, -0.15) is 0 Å². The van der Waals surface area contributed by atoms with Crippen LogP contribution < -0.4 is 4.74 Å². The van der Waals surface area contributed by atoms with Crippen molar-refractivity contribution in [2.24, 2.45) is 0 Å². The lowest BCUT2D eigenvalue weighted by Gasteiger charge is -2.03. The number of epoxide rings is 1. The predicted octanol–water partition coefficient (Wildman–Crippen LogP) is 4.81. The lowest BCUT2D eigenvalue weighted by Crippen LogP contribution is -2.03. The highest BCUT2D eigenvalue weighted by molar-refractivity contribution is 5.47. The molecule has 1 aromatic rings. The molecule has 0 aromatic heterocycles. The molecule has 1 atom stereocenters. The molecule has 2 nitrogen and oxygen atoms in total. The molecule has 1 heterocycles. The minimum Gasteiger partial charge on any atom is -0.491 e. The predicted molar refractivity (Wildman–Crippen MR) is 126 cm³/mol. The zero-order valence-corrected chi connectivity index (χ0v) is 14.1. The molecule has 26 heavy (non-hydrogen) atoms. The van der Waals surface area contributed by atoms with Crippen molar-refractivity contribution in [2.75, 3.05) is 13.2 Å². The first-order valence-electron chi connectivity index (χ1n) is 7.66. The van der Waals surface area contributed by atoms with Crippen LogP contribution in [0.25, 0.3) is 0 Å². The van der Waals surface area contributed by atoms with Gasteiger partial charge in [0.1, 0.15) is 18.5 Å². The molecule has 1 aliphatic heterocycles. The smallest absolute Gasteiger partial charge is 0.120 e. The van der Waals surface area contributed by atoms with E-state index in [-0.39, 0.29) is 23.2 Å². The summed E-state index contributed by atoms with van der Waals surface area (Å²) in [4.78, 5) is 0. The maximum absolute atomic E-state index is 5.60. The summed E-state index contributed by atoms with van der Waals surface area (Å²) in [6.07, 6.45) is 0.228. The van der Waals surface area contributed by atoms with Crippen molar-refractivity contribution >= 4 is 0 Å². The number of hydrogen-bond donors (Lipinski definition) is 0. The second-order valence-electron chi connectivity index (χ2n) is 4.67. The fourth-order valence-corrected chi connectivity index (χ4v) is 1.50. The van der Waals surface area contributed by atoms with Crippen LogP contribution in [0.15, 0.2) is 24.3 Å². The van der Waals surface area contributed by atoms with E-state index in [1.807, 2.05) is 24.3 Å². The van der Waals surface area contributed by atoms with E-state index in [1.54, 1.807) is 6.92 Å². The van der Waals surface area contributed by atoms with Crippen molar-refractivity contribution in [3.8, 4) is 88.6 Å². The van der Waals surface area contributed by atoms with Crippen LogP contribution in [-0.4, -0.2) is 19.3 Å². The monoisotopic (exact) mass is 356 g/mol. The zero-order valence-electron chi connectivity index (χ0n) is 14.1. The van der Waals surface area contributed by atoms with E-state index in [2.05, 4.69) is 82.9 Å². The van der Waals surface area contributed by atoms with Crippen LogP contribution in [0, 0.1) is 82.9 Å². The molecular formula is C24H36O2. The minimum atomic E-state index is 0. The molecule has 0 N–H and O–H groups in total. The number of rotatable bonds is 3. The van der Waals surface area contributed by atoms with Crippen LogP contribution in [0.3, 0.4) is 0 Å². The number of ether oxygens (including phenoxy) is 2. The van der Waals surface area contributed by atoms with Crippen LogP contribution in [-0.2, 0) is 4.74 Å². The van der Waals surface area contributed by atoms with Gasteiger partial charge in [0.15, 0.2) is 0 Å². The van der Waals surface area contributed by atoms with Gasteiger partial charge in [-0.25, -0.2) is 0 Å². The second-order valence-corrected chi connectivity index (χ2v) is 4.67. The highest BCUT2D eigenvalue weighted by Crippen LogP contribution is 2.16. The molecule has 0 bridgehead atoms. The van der Waals surface area contributed by atoms with E-state index in [1.165, 1.54) is 0 Å². The fourth-order valence-electron chi connectivity index (χ4n) is 1.50. The van der Waals surface area contributed by atoms with Crippen molar-refractivity contribution in [3.63, 3.8) is 0 Å². The first kappa shape index (κ1) is 18.2. The highest BCUT2D eigenvalue weighted by atomic mass is 16.6. The molecule has 1 unspecified atom stereocenters. The minimum absolute atomic E-state index is 0. The second kappa shape index (κ2) is 11.4. The molecule has 1 aliphatic rings. The first-order valence-corrected chi connectivity index (χ1v) is 7.66. The number of hydrogen-bond acceptors (Lipinski definition) is 2. The molecule has 0 aliphatic carbocycles. The van der Waals surface area contributed by atoms with Gasteiger partial charge in [0.05, 0.1) is 6.61 Å². The molecule has 2 heteroatoms. The van der Waals surface area contributed by atoms with E-state index in [4.69, 9.17) is 9.47 Å². The van der Waals surface area contributed by atoms with E-state index in [9.17, 15) is 0 Å². The van der Waals surface area contributed by atoms with Crippen molar-refractivity contribution in [1.82, 2.24) is 0 Å². The summed E-state index contributed by atoms with van der Waals surface area (Å²) >= 11 is 0. The molecule has 0 radical (unpaired) electrons. The summed E-state index contributed by atoms with van der Waals surface area (Å²) in [5.41, 5.74) is 0.824. The van der Waals surface area contributed by atoms with Crippen LogP contribution in [0.4, 0.5) is 0 Å². The summed E-state index contributed by atoms with van der Waals surface area (Å²) in [6.45, 7) is 3.05. The molecule has 0 saturated carbocycles. The molecule has 144 valence electrons. The zero-order chi connectivity index (χ0) is 18.3. The van der Waals surface area contributed by atoms with Crippen molar-refractivity contribution in [1.29, 1.82) is 0 Å². The summed E-state index contributed by atoms with van der Waals surface area (Å²) in [5, 5.41) is 0. The van der Waals surface area contributed by atoms with Gasteiger partial charge < -0.3 is 9.47 Å². The Bertz CT molecular complexity index is 1120. The topological polar surface area (TPSA) is 21.8 Å². The maximum Gasteiger partial charge on any atom is 0.120 e. The number of benzene rings is 1. The van der Waals surface area contributed by atoms with E-state index < -0.39 is 0 Å². The molecule has 0 spiro atoms. The maximum atomic E-state index is 5.60. The molecule has 2 rings (SSSR count). The van der Waals surface area contributed by atoms with Crippen LogP contribution in [0.5, 0.6) is 5.75 Å². The quantitative estimate of drug-likeness (QED) is 0.573. The largest absolute Gasteiger partial charge is 0.491 e. The Morgan fingerprint density at radius 2 is 1.50 bits per heavy atom. The van der Waals surface area contributed by atoms with Crippen molar-refractivity contribution in [2.45, 2.75) is 13.0 Å². The standard InChI is InChI=1S/C24H12O2.12H2/c1-2-3-4-5-6-7-8-9-10-11-12-13-14-16-22-17-15-18-23(19-22)25-20-24-21-26-24;;;;;;;;;;;;/h15,17-19,24H,20-21H2,1H3;12*1H. The first-order chi connectivity index (χ1) is 12.9. The Labute approximate surface area is 172 Å². The normalized spacial score (nSPS) is 11.7. The van der Waals surface area contributed by atoms with Crippen molar-refractivity contribution < 1.29 is 26.6 Å². The van der Waals surface area contributed by atoms with Gasteiger partial charge in [0.2, 0.25) is 0 Å². The van der Waals surface area contributed by atoms with E-state index in [0.717, 1.165) is 17.9 Å². The third-order valence-electron chi connectivity index (χ3n) is 2.69. The van der Waals surface area contributed by atoms with Crippen LogP contribution in [0.2, 0.25) is 0 Å². The Hall–Kier alpha value is -4.10. The third kappa shape index (κ3) is 8.51. The van der Waals surface area contributed by atoms with Gasteiger partial charge in [-0.1, -0.05) is 17.9 Å². The van der Waals surface area contributed by atoms with Gasteiger partial charge in [0.25, 0.3) is 0 Å². The molecule has 1 aromatic carbocycles. The van der Waals surface area contributed by atoms with E-state index >= 15 is 0 Å². The average molecular weight is 357 g/mol. The van der Waals surface area contributed by atoms with Gasteiger partial charge >= 0.3 is 0 Å². The van der Waals surface area contributed by atoms with E-state index in [0.29, 0.717) is 6.61 Å². The van der Waals surface area contributed by atoms with Crippen LogP contribution >= 0.6 is 0 Å². The van der Waals surface area contributed by atoms with Gasteiger partial charge in [0, 0.05) is 22.7 Å². The molecule has 1 fully saturated rings. The van der Waals surface area contributed by atoms with Gasteiger partial charge in [-0.15, -0.1) is 0 Å². The van der Waals surface area contributed by atoms with Gasteiger partial charge in [-0.3, -0.25) is 0 Å². The highest BCUT2D eigenvalue weighted by Gasteiger charge is 2.22. The third-order valence-corrected chi connectivity index (χ3v) is 2.69. The Morgan fingerprint density at radius 1 is 0.923 bits per heavy atom. The van der Waals surface area contributed by atoms with Gasteiger partial charge in [-0.05, 0) is 96.2 Å². The molecular weight excluding hydrogens is 320 g/mol. The molecule has 1 saturated heterocycles. The summed E-state index contributed by atoms with van der Waals surface area (Å²) in [7, 11) is 0. The SMILES string of the molecule is CC#CC#CC#CC#CC#CC#CC#Cc1cccc(OCC2CO2)c1.[HH].[HH].[HH].[HH].[HH].[HH].[HH].[HH].[HH].[HH].[HH].[HH]. The average Bonchev–Trinajstić information content (AvgIpc) is 3.49. The lowest BCUT2D eigenvalue weighted by atomic mass is 10.2.